The monoisotopic (exact) mass is 569 g/mol. The minimum absolute atomic E-state index is 0.0362. The lowest BCUT2D eigenvalue weighted by Crippen LogP contribution is -2.49. The zero-order valence-electron chi connectivity index (χ0n) is 23.0. The van der Waals surface area contributed by atoms with E-state index in [0.29, 0.717) is 34.8 Å². The fourth-order valence-corrected chi connectivity index (χ4v) is 8.06. The van der Waals surface area contributed by atoms with Gasteiger partial charge in [-0.1, -0.05) is 31.0 Å². The molecule has 2 aromatic heterocycles. The first-order valence-corrected chi connectivity index (χ1v) is 15.8. The molecule has 0 radical (unpaired) electrons. The minimum Gasteiger partial charge on any atom is -0.380 e. The van der Waals surface area contributed by atoms with E-state index in [9.17, 15) is 14.4 Å². The van der Waals surface area contributed by atoms with E-state index < -0.39 is 0 Å². The summed E-state index contributed by atoms with van der Waals surface area (Å²) in [4.78, 5) is 45.8. The molecule has 0 bridgehead atoms. The van der Waals surface area contributed by atoms with Gasteiger partial charge in [0.2, 0.25) is 0 Å². The van der Waals surface area contributed by atoms with E-state index in [0.717, 1.165) is 67.2 Å². The van der Waals surface area contributed by atoms with Crippen LogP contribution in [-0.2, 0) is 6.54 Å². The van der Waals surface area contributed by atoms with Crippen LogP contribution in [0.5, 0.6) is 0 Å². The van der Waals surface area contributed by atoms with Crippen LogP contribution in [0.3, 0.4) is 0 Å². The van der Waals surface area contributed by atoms with E-state index in [-0.39, 0.29) is 28.8 Å². The molecule has 7 rings (SSSR count). The summed E-state index contributed by atoms with van der Waals surface area (Å²) >= 11 is 1.46. The lowest BCUT2D eigenvalue weighted by Gasteiger charge is -2.37. The molecular formula is C32H35N5O3S. The molecule has 41 heavy (non-hydrogen) atoms. The second-order valence-corrected chi connectivity index (χ2v) is 12.7. The van der Waals surface area contributed by atoms with E-state index in [4.69, 9.17) is 0 Å². The maximum absolute atomic E-state index is 13.4. The Morgan fingerprint density at radius 1 is 0.976 bits per heavy atom. The number of carbonyl (C=O) groups is 1. The summed E-state index contributed by atoms with van der Waals surface area (Å²) in [7, 11) is 0. The quantitative estimate of drug-likeness (QED) is 0.256. The van der Waals surface area contributed by atoms with E-state index >= 15 is 0 Å². The number of nitrogens with zero attached hydrogens (tertiary/aromatic N) is 2. The highest BCUT2D eigenvalue weighted by atomic mass is 32.1. The van der Waals surface area contributed by atoms with Crippen molar-refractivity contribution >= 4 is 45.2 Å². The first-order chi connectivity index (χ1) is 20.1. The molecule has 1 amide bonds. The Morgan fingerprint density at radius 2 is 1.83 bits per heavy atom. The Kier molecular flexibility index (Phi) is 6.98. The molecule has 8 nitrogen and oxygen atoms in total. The normalized spacial score (nSPS) is 22.7. The molecule has 9 heteroatoms. The van der Waals surface area contributed by atoms with Crippen LogP contribution < -0.4 is 31.7 Å². The molecule has 3 unspecified atom stereocenters. The highest BCUT2D eigenvalue weighted by Gasteiger charge is 2.43. The van der Waals surface area contributed by atoms with Crippen LogP contribution in [0.15, 0.2) is 57.6 Å². The average Bonchev–Trinajstić information content (AvgIpc) is 3.77. The summed E-state index contributed by atoms with van der Waals surface area (Å²) < 4.78 is 0. The lowest BCUT2D eigenvalue weighted by atomic mass is 9.81. The average molecular weight is 570 g/mol. The highest BCUT2D eigenvalue weighted by Crippen LogP contribution is 2.41. The smallest absolute Gasteiger partial charge is 0.263 e. The first kappa shape index (κ1) is 26.2. The molecule has 212 valence electrons. The second kappa shape index (κ2) is 10.9. The van der Waals surface area contributed by atoms with Crippen molar-refractivity contribution in [2.45, 2.75) is 76.0 Å². The molecule has 3 N–H and O–H groups in total. The predicted molar refractivity (Wildman–Crippen MR) is 165 cm³/mol. The van der Waals surface area contributed by atoms with Crippen LogP contribution >= 0.6 is 11.3 Å². The molecule has 2 aliphatic carbocycles. The van der Waals surface area contributed by atoms with Gasteiger partial charge < -0.3 is 20.9 Å². The van der Waals surface area contributed by atoms with E-state index in [2.05, 4.69) is 31.9 Å². The number of pyridine rings is 1. The molecule has 3 atom stereocenters. The van der Waals surface area contributed by atoms with Gasteiger partial charge in [0, 0.05) is 42.8 Å². The Morgan fingerprint density at radius 3 is 2.71 bits per heavy atom. The summed E-state index contributed by atoms with van der Waals surface area (Å²) in [6.07, 6.45) is 9.94. The number of hydrogen-bond acceptors (Lipinski definition) is 8. The Balaban J connectivity index is 0.977. The third-order valence-electron chi connectivity index (χ3n) is 9.37. The fourth-order valence-electron chi connectivity index (χ4n) is 7.28. The second-order valence-electron chi connectivity index (χ2n) is 11.8. The van der Waals surface area contributed by atoms with Crippen LogP contribution in [0.4, 0.5) is 17.1 Å². The fraction of sp³-hybridized carbons (Fsp3) is 0.438. The molecule has 3 heterocycles. The summed E-state index contributed by atoms with van der Waals surface area (Å²) in [5, 5.41) is 13.2. The number of fused-ring (bicyclic) bond motifs is 2. The molecule has 3 aliphatic rings. The van der Waals surface area contributed by atoms with Crippen molar-refractivity contribution in [1.29, 1.82) is 0 Å². The van der Waals surface area contributed by atoms with Crippen molar-refractivity contribution < 1.29 is 4.79 Å². The molecule has 1 saturated heterocycles. The van der Waals surface area contributed by atoms with E-state index in [1.54, 1.807) is 0 Å². The maximum atomic E-state index is 13.4. The third-order valence-corrected chi connectivity index (χ3v) is 10.3. The number of benzene rings is 1. The van der Waals surface area contributed by atoms with Gasteiger partial charge in [-0.25, -0.2) is 0 Å². The first-order valence-electron chi connectivity index (χ1n) is 14.9. The molecule has 4 aromatic rings. The standard InChI is InChI=1S/C32H35N5O3S/c38-29-27(35-21-5-1-2-6-21)28(30(29)39)37-15-12-19-17-22(9-10-26(19)37)36-32(40)31-25(13-16-41-31)34-18-20-11-14-33-24-8-4-3-7-23(20)24/h3-4,7-8,11,13-14,16,19,21-22,26,34-35H,1-2,5-6,9-10,12,15,17-18H2,(H,36,40). The molecule has 1 aliphatic heterocycles. The number of hydrogen-bond donors (Lipinski definition) is 3. The number of thiophene rings is 1. The van der Waals surface area contributed by atoms with Gasteiger partial charge in [-0.2, -0.15) is 0 Å². The number of rotatable bonds is 8. The Bertz CT molecular complexity index is 1650. The van der Waals surface area contributed by atoms with Crippen LogP contribution in [0.1, 0.15) is 66.6 Å². The summed E-state index contributed by atoms with van der Waals surface area (Å²) in [5.41, 5.74) is 3.43. The minimum atomic E-state index is -0.353. The van der Waals surface area contributed by atoms with Crippen LogP contribution in [0.25, 0.3) is 10.9 Å². The van der Waals surface area contributed by atoms with Gasteiger partial charge in [-0.3, -0.25) is 19.4 Å². The SMILES string of the molecule is O=C(NC1CCC2C(CCN2c2c(NC3CCCC3)c(=O)c2=O)C1)c1sccc1NCc1ccnc2ccccc12. The summed E-state index contributed by atoms with van der Waals surface area (Å²) in [6.45, 7) is 1.40. The lowest BCUT2D eigenvalue weighted by molar-refractivity contribution is 0.0923. The van der Waals surface area contributed by atoms with Crippen molar-refractivity contribution in [1.82, 2.24) is 10.3 Å². The van der Waals surface area contributed by atoms with Gasteiger partial charge in [0.15, 0.2) is 0 Å². The Labute approximate surface area is 242 Å². The van der Waals surface area contributed by atoms with Crippen molar-refractivity contribution in [2.24, 2.45) is 5.92 Å². The number of anilines is 3. The zero-order chi connectivity index (χ0) is 27.9. The molecule has 2 saturated carbocycles. The van der Waals surface area contributed by atoms with E-state index in [1.165, 1.54) is 24.2 Å². The van der Waals surface area contributed by atoms with Crippen molar-refractivity contribution in [3.63, 3.8) is 0 Å². The number of carbonyl (C=O) groups excluding carboxylic acids is 1. The summed E-state index contributed by atoms with van der Waals surface area (Å²) in [5.74, 6) is 0.365. The van der Waals surface area contributed by atoms with Crippen LogP contribution in [-0.4, -0.2) is 35.6 Å². The molecule has 0 spiro atoms. The predicted octanol–water partition coefficient (Wildman–Crippen LogP) is 5.04. The van der Waals surface area contributed by atoms with Crippen molar-refractivity contribution in [2.75, 3.05) is 22.1 Å². The zero-order valence-corrected chi connectivity index (χ0v) is 23.8. The van der Waals surface area contributed by atoms with Crippen LogP contribution in [0, 0.1) is 5.92 Å². The maximum Gasteiger partial charge on any atom is 0.263 e. The topological polar surface area (TPSA) is 103 Å². The molecule has 3 fully saturated rings. The largest absolute Gasteiger partial charge is 0.380 e. The number of aromatic nitrogens is 1. The number of para-hydroxylation sites is 1. The van der Waals surface area contributed by atoms with Crippen molar-refractivity contribution in [3.8, 4) is 0 Å². The van der Waals surface area contributed by atoms with Crippen LogP contribution in [0.2, 0.25) is 0 Å². The molecular weight excluding hydrogens is 534 g/mol. The van der Waals surface area contributed by atoms with E-state index in [1.807, 2.05) is 41.9 Å². The van der Waals surface area contributed by atoms with Gasteiger partial charge in [0.1, 0.15) is 16.3 Å². The number of amides is 1. The Hall–Kier alpha value is -3.72. The van der Waals surface area contributed by atoms with Crippen molar-refractivity contribution in [3.05, 3.63) is 78.9 Å². The third kappa shape index (κ3) is 4.90. The van der Waals surface area contributed by atoms with Gasteiger partial charge >= 0.3 is 0 Å². The van der Waals surface area contributed by atoms with Gasteiger partial charge in [-0.15, -0.1) is 11.3 Å². The number of nitrogens with one attached hydrogen (secondary N) is 3. The van der Waals surface area contributed by atoms with Gasteiger partial charge in [0.25, 0.3) is 16.8 Å². The van der Waals surface area contributed by atoms with Gasteiger partial charge in [-0.05, 0) is 73.6 Å². The summed E-state index contributed by atoms with van der Waals surface area (Å²) in [6, 6.07) is 12.7. The molecule has 2 aromatic carbocycles. The highest BCUT2D eigenvalue weighted by molar-refractivity contribution is 7.12. The van der Waals surface area contributed by atoms with Gasteiger partial charge in [0.05, 0.1) is 11.2 Å².